The average molecular weight is 565 g/mol. The van der Waals surface area contributed by atoms with Crippen molar-refractivity contribution in [2.75, 3.05) is 34.3 Å². The number of benzene rings is 2. The van der Waals surface area contributed by atoms with Gasteiger partial charge in [-0.2, -0.15) is 33.3 Å². The Morgan fingerprint density at radius 1 is 1.10 bits per heavy atom. The fourth-order valence-electron chi connectivity index (χ4n) is 4.17. The van der Waals surface area contributed by atoms with E-state index in [0.29, 0.717) is 25.0 Å². The van der Waals surface area contributed by atoms with Crippen molar-refractivity contribution in [3.63, 3.8) is 0 Å². The number of aromatic nitrogens is 3. The number of rotatable bonds is 5. The molecule has 4 bridgehead atoms. The molecule has 3 aromatic rings. The van der Waals surface area contributed by atoms with E-state index in [1.807, 2.05) is 11.9 Å². The van der Waals surface area contributed by atoms with Crippen LogP contribution in [0.25, 0.3) is 0 Å². The van der Waals surface area contributed by atoms with E-state index in [9.17, 15) is 27.9 Å². The van der Waals surface area contributed by atoms with Gasteiger partial charge < -0.3 is 20.5 Å². The lowest BCUT2D eigenvalue weighted by atomic mass is 10.1. The Morgan fingerprint density at radius 3 is 2.54 bits per heavy atom. The molecule has 16 heteroatoms. The number of hydrazine groups is 2. The second kappa shape index (κ2) is 10.2. The molecule has 0 aliphatic carbocycles. The Hall–Kier alpha value is -4.21. The normalized spacial score (nSPS) is 20.1. The number of ether oxygens (including phenoxy) is 1. The Balaban J connectivity index is 1.39. The van der Waals surface area contributed by atoms with Gasteiger partial charge in [-0.15, -0.1) is 0 Å². The van der Waals surface area contributed by atoms with Gasteiger partial charge >= 0.3 is 18.2 Å². The molecule has 2 aliphatic rings. The summed E-state index contributed by atoms with van der Waals surface area (Å²) in [6, 6.07) is 6.06. The third-order valence-corrected chi connectivity index (χ3v) is 6.17. The van der Waals surface area contributed by atoms with Gasteiger partial charge in [-0.3, -0.25) is 5.43 Å². The first-order valence-electron chi connectivity index (χ1n) is 11.5. The van der Waals surface area contributed by atoms with Gasteiger partial charge in [0.25, 0.3) is 5.95 Å². The SMILES string of the molecule is CC1CN2CC(O1)c1ncnc(n1)N2Nc1cc(NC(=O)Nc2ccc(Cl)c(C(F)(F)F)c2)ccc1C(=O)O. The van der Waals surface area contributed by atoms with Gasteiger partial charge in [0.05, 0.1) is 34.5 Å². The molecular weight excluding hydrogens is 545 g/mol. The van der Waals surface area contributed by atoms with Gasteiger partial charge in [0.2, 0.25) is 0 Å². The number of nitrogens with one attached hydrogen (secondary N) is 3. The molecule has 0 saturated carbocycles. The van der Waals surface area contributed by atoms with Crippen molar-refractivity contribution in [2.45, 2.75) is 25.3 Å². The predicted octanol–water partition coefficient (Wildman–Crippen LogP) is 4.41. The van der Waals surface area contributed by atoms with Crippen molar-refractivity contribution in [2.24, 2.45) is 0 Å². The molecule has 0 radical (unpaired) electrons. The van der Waals surface area contributed by atoms with E-state index < -0.39 is 34.9 Å². The molecule has 1 aromatic heterocycles. The number of carboxylic acids is 1. The number of hydrogen-bond donors (Lipinski definition) is 4. The zero-order valence-corrected chi connectivity index (χ0v) is 20.8. The topological polar surface area (TPSA) is 145 Å². The molecule has 2 aliphatic heterocycles. The number of carbonyl (C=O) groups excluding carboxylic acids is 1. The molecule has 204 valence electrons. The van der Waals surface area contributed by atoms with E-state index in [-0.39, 0.29) is 34.7 Å². The summed E-state index contributed by atoms with van der Waals surface area (Å²) in [6.45, 7) is 2.69. The van der Waals surface area contributed by atoms with E-state index in [4.69, 9.17) is 16.3 Å². The number of morpholine rings is 1. The number of carbonyl (C=O) groups is 2. The van der Waals surface area contributed by atoms with Gasteiger partial charge in [0.1, 0.15) is 12.4 Å². The molecule has 0 spiro atoms. The van der Waals surface area contributed by atoms with Crippen molar-refractivity contribution in [1.29, 1.82) is 0 Å². The van der Waals surface area contributed by atoms with Crippen molar-refractivity contribution < 1.29 is 32.6 Å². The Bertz CT molecular complexity index is 1440. The molecule has 1 fully saturated rings. The molecule has 3 unspecified atom stereocenters. The fourth-order valence-corrected chi connectivity index (χ4v) is 4.39. The number of hydrogen-bond acceptors (Lipinski definition) is 9. The molecule has 5 rings (SSSR count). The van der Waals surface area contributed by atoms with Crippen LogP contribution < -0.4 is 21.2 Å². The van der Waals surface area contributed by atoms with E-state index >= 15 is 0 Å². The summed E-state index contributed by atoms with van der Waals surface area (Å²) in [6.07, 6.45) is -3.98. The highest BCUT2D eigenvalue weighted by atomic mass is 35.5. The van der Waals surface area contributed by atoms with Crippen molar-refractivity contribution in [3.05, 3.63) is 64.7 Å². The molecule has 39 heavy (non-hydrogen) atoms. The van der Waals surface area contributed by atoms with E-state index in [1.54, 1.807) is 0 Å². The fraction of sp³-hybridized carbons (Fsp3) is 0.261. The maximum atomic E-state index is 13.2. The number of alkyl halides is 3. The number of fused-ring (bicyclic) bond motifs is 5. The quantitative estimate of drug-likeness (QED) is 0.351. The number of carboxylic acid groups (broad SMARTS) is 1. The van der Waals surface area contributed by atoms with Crippen molar-refractivity contribution >= 4 is 46.6 Å². The van der Waals surface area contributed by atoms with Crippen LogP contribution in [0.3, 0.4) is 0 Å². The lowest BCUT2D eigenvalue weighted by Gasteiger charge is -2.39. The van der Waals surface area contributed by atoms with E-state index in [1.165, 1.54) is 35.7 Å². The number of aromatic carboxylic acids is 1. The lowest BCUT2D eigenvalue weighted by molar-refractivity contribution is -0.137. The van der Waals surface area contributed by atoms with Crippen LogP contribution in [0.5, 0.6) is 0 Å². The molecule has 2 amide bonds. The van der Waals surface area contributed by atoms with Gasteiger partial charge in [-0.1, -0.05) is 11.6 Å². The Morgan fingerprint density at radius 2 is 1.82 bits per heavy atom. The Kier molecular flexibility index (Phi) is 6.88. The van der Waals surface area contributed by atoms with Gasteiger partial charge in [-0.25, -0.2) is 14.6 Å². The lowest BCUT2D eigenvalue weighted by Crippen LogP contribution is -2.54. The third kappa shape index (κ3) is 5.64. The smallest absolute Gasteiger partial charge is 0.417 e. The summed E-state index contributed by atoms with van der Waals surface area (Å²) in [5.74, 6) is -0.605. The van der Waals surface area contributed by atoms with Crippen LogP contribution in [0.4, 0.5) is 41.0 Å². The zero-order valence-electron chi connectivity index (χ0n) is 20.0. The van der Waals surface area contributed by atoms with Gasteiger partial charge in [-0.05, 0) is 43.3 Å². The molecule has 1 saturated heterocycles. The molecule has 3 atom stereocenters. The number of urea groups is 1. The van der Waals surface area contributed by atoms with E-state index in [0.717, 1.165) is 6.07 Å². The van der Waals surface area contributed by atoms with Crippen LogP contribution in [0.1, 0.15) is 34.8 Å². The minimum absolute atomic E-state index is 0.0886. The first-order valence-corrected chi connectivity index (χ1v) is 11.8. The second-order valence-corrected chi connectivity index (χ2v) is 9.12. The maximum Gasteiger partial charge on any atom is 0.417 e. The molecule has 2 aromatic carbocycles. The third-order valence-electron chi connectivity index (χ3n) is 5.84. The largest absolute Gasteiger partial charge is 0.478 e. The van der Waals surface area contributed by atoms with Gasteiger partial charge in [0.15, 0.2) is 5.82 Å². The number of anilines is 4. The predicted molar refractivity (Wildman–Crippen MR) is 133 cm³/mol. The summed E-state index contributed by atoms with van der Waals surface area (Å²) in [4.78, 5) is 37.3. The summed E-state index contributed by atoms with van der Waals surface area (Å²) in [7, 11) is 0. The second-order valence-electron chi connectivity index (χ2n) is 8.71. The zero-order chi connectivity index (χ0) is 27.9. The van der Waals surface area contributed by atoms with Gasteiger partial charge in [0, 0.05) is 17.9 Å². The monoisotopic (exact) mass is 564 g/mol. The highest BCUT2D eigenvalue weighted by Crippen LogP contribution is 2.36. The highest BCUT2D eigenvalue weighted by Gasteiger charge is 2.37. The van der Waals surface area contributed by atoms with Crippen molar-refractivity contribution in [3.8, 4) is 0 Å². The number of halogens is 4. The Labute approximate surface area is 223 Å². The van der Waals surface area contributed by atoms with Crippen LogP contribution in [0.2, 0.25) is 5.02 Å². The summed E-state index contributed by atoms with van der Waals surface area (Å²) < 4.78 is 45.4. The molecule has 3 heterocycles. The molecular formula is C23H20ClF3N8O4. The van der Waals surface area contributed by atoms with Crippen LogP contribution in [0, 0.1) is 0 Å². The first-order chi connectivity index (χ1) is 18.5. The summed E-state index contributed by atoms with van der Waals surface area (Å²) in [5, 5.41) is 17.4. The van der Waals surface area contributed by atoms with Crippen LogP contribution >= 0.6 is 11.6 Å². The molecule has 12 nitrogen and oxygen atoms in total. The number of amides is 2. The van der Waals surface area contributed by atoms with Crippen molar-refractivity contribution in [1.82, 2.24) is 20.0 Å². The molecule has 4 N–H and O–H groups in total. The standard InChI is InChI=1S/C23H20ClF3N8O4/c1-11-8-34-9-18(39-11)19-28-10-29-21(32-19)35(34)33-17-7-13(2-4-14(17)20(36)37)31-22(38)30-12-3-5-16(24)15(6-12)23(25,26)27/h2-7,10-11,18,33H,8-9H2,1H3,(H,36,37)(H2,30,31,38). The van der Waals surface area contributed by atoms with Crippen LogP contribution in [0.15, 0.2) is 42.7 Å². The van der Waals surface area contributed by atoms with Crippen LogP contribution in [-0.2, 0) is 10.9 Å². The summed E-state index contributed by atoms with van der Waals surface area (Å²) in [5.41, 5.74) is 1.89. The number of nitrogens with zero attached hydrogens (tertiary/aromatic N) is 5. The highest BCUT2D eigenvalue weighted by molar-refractivity contribution is 6.31. The first kappa shape index (κ1) is 26.4. The van der Waals surface area contributed by atoms with Crippen LogP contribution in [-0.4, -0.2) is 56.3 Å². The minimum Gasteiger partial charge on any atom is -0.478 e. The maximum absolute atomic E-state index is 13.2. The summed E-state index contributed by atoms with van der Waals surface area (Å²) >= 11 is 5.63. The average Bonchev–Trinajstić information content (AvgIpc) is 2.93. The van der Waals surface area contributed by atoms with E-state index in [2.05, 4.69) is 31.0 Å². The minimum atomic E-state index is -4.70.